The fraction of sp³-hybridized carbons (Fsp3) is 0.455. The number of rotatable bonds is 1. The van der Waals surface area contributed by atoms with Crippen LogP contribution in [0.3, 0.4) is 0 Å². The lowest BCUT2D eigenvalue weighted by molar-refractivity contribution is 0.816. The van der Waals surface area contributed by atoms with Crippen LogP contribution < -0.4 is 5.73 Å². The second-order valence-electron chi connectivity index (χ2n) is 3.78. The minimum atomic E-state index is 0.0402. The Morgan fingerprint density at radius 3 is 2.54 bits per heavy atom. The normalized spacial score (nSPS) is 17.2. The van der Waals surface area contributed by atoms with Crippen molar-refractivity contribution in [1.82, 2.24) is 0 Å². The van der Waals surface area contributed by atoms with Gasteiger partial charge in [-0.15, -0.1) is 0 Å². The predicted molar refractivity (Wildman–Crippen MR) is 56.1 cm³/mol. The molecule has 0 aliphatic heterocycles. The third-order valence-electron chi connectivity index (χ3n) is 2.70. The summed E-state index contributed by atoms with van der Waals surface area (Å²) < 4.78 is 0. The molecule has 0 radical (unpaired) electrons. The molecule has 2 heteroatoms. The zero-order valence-corrected chi connectivity index (χ0v) is 8.56. The molecule has 13 heavy (non-hydrogen) atoms. The highest BCUT2D eigenvalue weighted by atomic mass is 35.5. The van der Waals surface area contributed by atoms with Crippen molar-refractivity contribution in [1.29, 1.82) is 0 Å². The predicted octanol–water partition coefficient (Wildman–Crippen LogP) is 2.85. The maximum Gasteiger partial charge on any atom is 0.0456 e. The summed E-state index contributed by atoms with van der Waals surface area (Å²) in [5, 5.41) is 0.829. The van der Waals surface area contributed by atoms with Crippen LogP contribution in [0, 0.1) is 0 Å². The van der Waals surface area contributed by atoms with E-state index in [1.54, 1.807) is 0 Å². The first-order valence-electron chi connectivity index (χ1n) is 4.75. The molecular formula is C11H14ClN. The van der Waals surface area contributed by atoms with Crippen LogP contribution in [0.15, 0.2) is 12.1 Å². The molecule has 0 saturated carbocycles. The van der Waals surface area contributed by atoms with E-state index in [-0.39, 0.29) is 6.04 Å². The Morgan fingerprint density at radius 2 is 1.92 bits per heavy atom. The lowest BCUT2D eigenvalue weighted by Gasteiger charge is -2.10. The van der Waals surface area contributed by atoms with Crippen LogP contribution in [-0.4, -0.2) is 0 Å². The van der Waals surface area contributed by atoms with Gasteiger partial charge in [0, 0.05) is 11.1 Å². The molecule has 1 aliphatic carbocycles. The van der Waals surface area contributed by atoms with E-state index in [0.29, 0.717) is 0 Å². The molecule has 2 rings (SSSR count). The van der Waals surface area contributed by atoms with E-state index in [0.717, 1.165) is 10.6 Å². The van der Waals surface area contributed by atoms with Crippen molar-refractivity contribution in [2.75, 3.05) is 0 Å². The molecule has 0 amide bonds. The van der Waals surface area contributed by atoms with Crippen LogP contribution in [0.1, 0.15) is 36.1 Å². The van der Waals surface area contributed by atoms with Gasteiger partial charge < -0.3 is 5.73 Å². The fourth-order valence-corrected chi connectivity index (χ4v) is 2.32. The summed E-state index contributed by atoms with van der Waals surface area (Å²) in [4.78, 5) is 0. The molecule has 1 aromatic rings. The molecule has 1 aliphatic rings. The smallest absolute Gasteiger partial charge is 0.0456 e. The SMILES string of the molecule is C[C@@H](N)c1cc2c(cc1Cl)CCC2. The molecule has 1 nitrogen and oxygen atoms in total. The Balaban J connectivity index is 2.49. The second-order valence-corrected chi connectivity index (χ2v) is 4.19. The number of benzene rings is 1. The summed E-state index contributed by atoms with van der Waals surface area (Å²) in [6, 6.07) is 4.30. The van der Waals surface area contributed by atoms with Crippen molar-refractivity contribution in [2.24, 2.45) is 5.73 Å². The van der Waals surface area contributed by atoms with E-state index in [2.05, 4.69) is 12.1 Å². The standard InChI is InChI=1S/C11H14ClN/c1-7(13)10-5-8-3-2-4-9(8)6-11(10)12/h5-7H,2-4,13H2,1H3/t7-/m1/s1. The molecule has 1 aromatic carbocycles. The Morgan fingerprint density at radius 1 is 1.31 bits per heavy atom. The fourth-order valence-electron chi connectivity index (χ4n) is 1.96. The van der Waals surface area contributed by atoms with Crippen molar-refractivity contribution in [3.05, 3.63) is 33.8 Å². The number of fused-ring (bicyclic) bond motifs is 1. The average molecular weight is 196 g/mol. The maximum atomic E-state index is 6.12. The van der Waals surface area contributed by atoms with Gasteiger partial charge in [-0.25, -0.2) is 0 Å². The summed E-state index contributed by atoms with van der Waals surface area (Å²) in [7, 11) is 0. The highest BCUT2D eigenvalue weighted by molar-refractivity contribution is 6.31. The summed E-state index contributed by atoms with van der Waals surface area (Å²) in [6.45, 7) is 1.97. The molecular weight excluding hydrogens is 182 g/mol. The van der Waals surface area contributed by atoms with Gasteiger partial charge in [0.05, 0.1) is 0 Å². The Bertz CT molecular complexity index is 331. The van der Waals surface area contributed by atoms with Gasteiger partial charge in [0.15, 0.2) is 0 Å². The molecule has 0 heterocycles. The molecule has 0 spiro atoms. The number of halogens is 1. The van der Waals surface area contributed by atoms with E-state index in [1.165, 1.54) is 30.4 Å². The van der Waals surface area contributed by atoms with E-state index in [4.69, 9.17) is 17.3 Å². The first-order chi connectivity index (χ1) is 6.18. The second kappa shape index (κ2) is 3.32. The topological polar surface area (TPSA) is 26.0 Å². The van der Waals surface area contributed by atoms with Crippen molar-refractivity contribution in [3.63, 3.8) is 0 Å². The van der Waals surface area contributed by atoms with E-state index in [1.807, 2.05) is 6.92 Å². The first kappa shape index (κ1) is 9.04. The van der Waals surface area contributed by atoms with E-state index < -0.39 is 0 Å². The van der Waals surface area contributed by atoms with Gasteiger partial charge in [-0.05, 0) is 48.9 Å². The third-order valence-corrected chi connectivity index (χ3v) is 3.03. The van der Waals surface area contributed by atoms with Gasteiger partial charge in [0.2, 0.25) is 0 Å². The van der Waals surface area contributed by atoms with Crippen LogP contribution >= 0.6 is 11.6 Å². The Labute approximate surface area is 83.9 Å². The van der Waals surface area contributed by atoms with Gasteiger partial charge in [0.25, 0.3) is 0 Å². The van der Waals surface area contributed by atoms with E-state index in [9.17, 15) is 0 Å². The van der Waals surface area contributed by atoms with Crippen LogP contribution in [0.4, 0.5) is 0 Å². The van der Waals surface area contributed by atoms with Crippen molar-refractivity contribution in [3.8, 4) is 0 Å². The zero-order chi connectivity index (χ0) is 9.42. The van der Waals surface area contributed by atoms with Crippen LogP contribution in [0.5, 0.6) is 0 Å². The number of aryl methyl sites for hydroxylation is 2. The summed E-state index contributed by atoms with van der Waals surface area (Å²) >= 11 is 6.12. The third kappa shape index (κ3) is 1.59. The van der Waals surface area contributed by atoms with Crippen LogP contribution in [0.2, 0.25) is 5.02 Å². The van der Waals surface area contributed by atoms with Crippen molar-refractivity contribution >= 4 is 11.6 Å². The maximum absolute atomic E-state index is 6.12. The Hall–Kier alpha value is -0.530. The highest BCUT2D eigenvalue weighted by Crippen LogP contribution is 2.30. The Kier molecular flexibility index (Phi) is 2.31. The van der Waals surface area contributed by atoms with Crippen molar-refractivity contribution in [2.45, 2.75) is 32.2 Å². The highest BCUT2D eigenvalue weighted by Gasteiger charge is 2.15. The first-order valence-corrected chi connectivity index (χ1v) is 5.13. The van der Waals surface area contributed by atoms with Gasteiger partial charge in [-0.3, -0.25) is 0 Å². The lowest BCUT2D eigenvalue weighted by atomic mass is 10.0. The van der Waals surface area contributed by atoms with Gasteiger partial charge in [0.1, 0.15) is 0 Å². The summed E-state index contributed by atoms with van der Waals surface area (Å²) in [5.41, 5.74) is 9.76. The lowest BCUT2D eigenvalue weighted by Crippen LogP contribution is -2.06. The molecule has 0 bridgehead atoms. The van der Waals surface area contributed by atoms with Crippen molar-refractivity contribution < 1.29 is 0 Å². The average Bonchev–Trinajstić information content (AvgIpc) is 2.48. The number of hydrogen-bond acceptors (Lipinski definition) is 1. The number of hydrogen-bond donors (Lipinski definition) is 1. The minimum absolute atomic E-state index is 0.0402. The molecule has 0 saturated heterocycles. The monoisotopic (exact) mass is 195 g/mol. The van der Waals surface area contributed by atoms with Crippen LogP contribution in [0.25, 0.3) is 0 Å². The summed E-state index contributed by atoms with van der Waals surface area (Å²) in [6.07, 6.45) is 3.62. The van der Waals surface area contributed by atoms with Crippen LogP contribution in [-0.2, 0) is 12.8 Å². The molecule has 0 unspecified atom stereocenters. The summed E-state index contributed by atoms with van der Waals surface area (Å²) in [5.74, 6) is 0. The molecule has 0 fully saturated rings. The largest absolute Gasteiger partial charge is 0.324 e. The van der Waals surface area contributed by atoms with Gasteiger partial charge in [-0.2, -0.15) is 0 Å². The quantitative estimate of drug-likeness (QED) is 0.733. The number of nitrogens with two attached hydrogens (primary N) is 1. The minimum Gasteiger partial charge on any atom is -0.324 e. The molecule has 0 aromatic heterocycles. The van der Waals surface area contributed by atoms with E-state index >= 15 is 0 Å². The molecule has 70 valence electrons. The molecule has 2 N–H and O–H groups in total. The van der Waals surface area contributed by atoms with Gasteiger partial charge in [-0.1, -0.05) is 17.7 Å². The molecule has 1 atom stereocenters. The zero-order valence-electron chi connectivity index (χ0n) is 7.81. The van der Waals surface area contributed by atoms with Gasteiger partial charge >= 0.3 is 0 Å².